The van der Waals surface area contributed by atoms with E-state index in [9.17, 15) is 4.79 Å². The molecule has 0 aromatic carbocycles. The third-order valence-electron chi connectivity index (χ3n) is 2.96. The van der Waals surface area contributed by atoms with Gasteiger partial charge in [0.15, 0.2) is 11.7 Å². The number of ketones is 1. The van der Waals surface area contributed by atoms with Crippen LogP contribution in [-0.2, 0) is 4.79 Å². The van der Waals surface area contributed by atoms with Crippen LogP contribution in [0.4, 0.5) is 0 Å². The number of hydrogen-bond donors (Lipinski definition) is 3. The van der Waals surface area contributed by atoms with Gasteiger partial charge in [0, 0.05) is 25.0 Å². The van der Waals surface area contributed by atoms with E-state index in [0.717, 1.165) is 44.9 Å². The van der Waals surface area contributed by atoms with E-state index in [2.05, 4.69) is 15.6 Å². The number of nitrogens with zero attached hydrogens (tertiary/aromatic N) is 1. The van der Waals surface area contributed by atoms with Gasteiger partial charge in [0.1, 0.15) is 0 Å². The summed E-state index contributed by atoms with van der Waals surface area (Å²) in [6.45, 7) is 8.40. The molecule has 0 unspecified atom stereocenters. The highest BCUT2D eigenvalue weighted by Crippen LogP contribution is 2.17. The normalized spacial score (nSPS) is 17.7. The largest absolute Gasteiger partial charge is 0.356 e. The van der Waals surface area contributed by atoms with Crippen molar-refractivity contribution in [1.29, 1.82) is 0 Å². The van der Waals surface area contributed by atoms with Gasteiger partial charge in [-0.15, -0.1) is 0 Å². The topological polar surface area (TPSA) is 79.5 Å². The van der Waals surface area contributed by atoms with Gasteiger partial charge in [-0.05, 0) is 19.3 Å². The zero-order valence-electron chi connectivity index (χ0n) is 11.8. The first-order chi connectivity index (χ1) is 8.41. The summed E-state index contributed by atoms with van der Waals surface area (Å²) in [6.07, 6.45) is 2.69. The summed E-state index contributed by atoms with van der Waals surface area (Å²) in [6, 6.07) is -0.354. The highest BCUT2D eigenvalue weighted by atomic mass is 16.1. The zero-order chi connectivity index (χ0) is 13.6. The van der Waals surface area contributed by atoms with Crippen molar-refractivity contribution in [2.75, 3.05) is 19.6 Å². The number of carbonyl (C=O) groups excluding carboxylic acids is 1. The standard InChI is InChI=1S/C13H26N4O/c1-13(2,3)11(18)10(14)6-4-7-15-12-16-8-5-9-17-12/h10H,4-9,14H2,1-3H3,(H2,15,16,17)/t10-/m1/s1. The van der Waals surface area contributed by atoms with Crippen LogP contribution in [0.1, 0.15) is 40.0 Å². The molecule has 1 rings (SSSR count). The Bertz CT molecular complexity index is 307. The fraction of sp³-hybridized carbons (Fsp3) is 0.846. The molecular formula is C13H26N4O. The van der Waals surface area contributed by atoms with Crippen LogP contribution in [0.5, 0.6) is 0 Å². The van der Waals surface area contributed by atoms with E-state index in [0.29, 0.717) is 0 Å². The molecule has 5 heteroatoms. The summed E-state index contributed by atoms with van der Waals surface area (Å²) in [5, 5.41) is 6.42. The number of Topliss-reactive ketones (excluding diaryl/α,β-unsaturated/α-hetero) is 1. The predicted molar refractivity (Wildman–Crippen MR) is 74.6 cm³/mol. The highest BCUT2D eigenvalue weighted by molar-refractivity contribution is 5.88. The van der Waals surface area contributed by atoms with E-state index < -0.39 is 0 Å². The van der Waals surface area contributed by atoms with Crippen LogP contribution >= 0.6 is 0 Å². The number of guanidine groups is 1. The van der Waals surface area contributed by atoms with Crippen molar-refractivity contribution in [3.63, 3.8) is 0 Å². The molecule has 0 aliphatic carbocycles. The Hall–Kier alpha value is -1.10. The number of rotatable bonds is 5. The van der Waals surface area contributed by atoms with Crippen molar-refractivity contribution in [2.24, 2.45) is 16.1 Å². The van der Waals surface area contributed by atoms with Crippen LogP contribution in [0.25, 0.3) is 0 Å². The lowest BCUT2D eigenvalue weighted by Gasteiger charge is -2.22. The van der Waals surface area contributed by atoms with Crippen molar-refractivity contribution in [3.05, 3.63) is 0 Å². The van der Waals surface area contributed by atoms with Gasteiger partial charge in [0.2, 0.25) is 0 Å². The summed E-state index contributed by atoms with van der Waals surface area (Å²) >= 11 is 0. The van der Waals surface area contributed by atoms with E-state index in [1.54, 1.807) is 0 Å². The minimum atomic E-state index is -0.354. The molecule has 0 aromatic rings. The molecule has 18 heavy (non-hydrogen) atoms. The predicted octanol–water partition coefficient (Wildman–Crippen LogP) is 0.648. The van der Waals surface area contributed by atoms with Crippen molar-refractivity contribution in [1.82, 2.24) is 10.6 Å². The van der Waals surface area contributed by atoms with Gasteiger partial charge >= 0.3 is 0 Å². The molecule has 0 fully saturated rings. The minimum Gasteiger partial charge on any atom is -0.356 e. The summed E-state index contributed by atoms with van der Waals surface area (Å²) < 4.78 is 0. The van der Waals surface area contributed by atoms with E-state index in [1.807, 2.05) is 20.8 Å². The Balaban J connectivity index is 2.17. The second kappa shape index (κ2) is 6.73. The maximum Gasteiger partial charge on any atom is 0.191 e. The summed E-state index contributed by atoms with van der Waals surface area (Å²) in [4.78, 5) is 16.2. The average Bonchev–Trinajstić information content (AvgIpc) is 2.33. The lowest BCUT2D eigenvalue weighted by molar-refractivity contribution is -0.127. The van der Waals surface area contributed by atoms with Gasteiger partial charge in [0.05, 0.1) is 6.04 Å². The molecule has 0 saturated carbocycles. The monoisotopic (exact) mass is 254 g/mol. The molecule has 0 aromatic heterocycles. The minimum absolute atomic E-state index is 0.135. The van der Waals surface area contributed by atoms with Gasteiger partial charge in [0.25, 0.3) is 0 Å². The van der Waals surface area contributed by atoms with Crippen molar-refractivity contribution >= 4 is 11.7 Å². The maximum absolute atomic E-state index is 11.9. The molecule has 0 spiro atoms. The second-order valence-electron chi connectivity index (χ2n) is 5.80. The number of hydrogen-bond acceptors (Lipinski definition) is 5. The molecule has 1 aliphatic rings. The van der Waals surface area contributed by atoms with E-state index in [4.69, 9.17) is 5.73 Å². The van der Waals surface area contributed by atoms with Gasteiger partial charge in [-0.25, -0.2) is 0 Å². The molecule has 0 amide bonds. The first-order valence-electron chi connectivity index (χ1n) is 6.73. The van der Waals surface area contributed by atoms with Crippen LogP contribution in [0.15, 0.2) is 4.99 Å². The summed E-state index contributed by atoms with van der Waals surface area (Å²) in [5.74, 6) is 1.01. The maximum atomic E-state index is 11.9. The smallest absolute Gasteiger partial charge is 0.191 e. The fourth-order valence-corrected chi connectivity index (χ4v) is 1.87. The molecule has 1 aliphatic heterocycles. The Morgan fingerprint density at radius 1 is 1.56 bits per heavy atom. The molecule has 1 atom stereocenters. The van der Waals surface area contributed by atoms with Crippen molar-refractivity contribution in [2.45, 2.75) is 46.1 Å². The molecule has 0 saturated heterocycles. The first-order valence-corrected chi connectivity index (χ1v) is 6.73. The Kier molecular flexibility index (Phi) is 5.59. The number of carbonyl (C=O) groups is 1. The van der Waals surface area contributed by atoms with Gasteiger partial charge in [-0.1, -0.05) is 20.8 Å². The van der Waals surface area contributed by atoms with Crippen molar-refractivity contribution in [3.8, 4) is 0 Å². The third kappa shape index (κ3) is 5.04. The van der Waals surface area contributed by atoms with E-state index in [-0.39, 0.29) is 17.2 Å². The summed E-state index contributed by atoms with van der Waals surface area (Å²) in [5.41, 5.74) is 5.55. The third-order valence-corrected chi connectivity index (χ3v) is 2.96. The van der Waals surface area contributed by atoms with Crippen LogP contribution in [-0.4, -0.2) is 37.4 Å². The molecule has 4 N–H and O–H groups in total. The Morgan fingerprint density at radius 2 is 2.28 bits per heavy atom. The molecule has 104 valence electrons. The summed E-state index contributed by atoms with van der Waals surface area (Å²) in [7, 11) is 0. The van der Waals surface area contributed by atoms with Crippen LogP contribution in [0.2, 0.25) is 0 Å². The number of nitrogens with one attached hydrogen (secondary N) is 2. The lowest BCUT2D eigenvalue weighted by Crippen LogP contribution is -2.42. The lowest BCUT2D eigenvalue weighted by atomic mass is 9.85. The molecular weight excluding hydrogens is 228 g/mol. The van der Waals surface area contributed by atoms with Gasteiger partial charge < -0.3 is 16.4 Å². The average molecular weight is 254 g/mol. The highest BCUT2D eigenvalue weighted by Gasteiger charge is 2.26. The van der Waals surface area contributed by atoms with Crippen molar-refractivity contribution < 1.29 is 4.79 Å². The molecule has 0 radical (unpaired) electrons. The Labute approximate surface area is 110 Å². The molecule has 0 bridgehead atoms. The van der Waals surface area contributed by atoms with Crippen LogP contribution in [0, 0.1) is 5.41 Å². The van der Waals surface area contributed by atoms with Crippen LogP contribution in [0.3, 0.4) is 0 Å². The van der Waals surface area contributed by atoms with Gasteiger partial charge in [-0.3, -0.25) is 9.79 Å². The first kappa shape index (κ1) is 15.0. The Morgan fingerprint density at radius 3 is 2.83 bits per heavy atom. The number of aliphatic imine (C=N–C) groups is 1. The van der Waals surface area contributed by atoms with Gasteiger partial charge in [-0.2, -0.15) is 0 Å². The van der Waals surface area contributed by atoms with E-state index in [1.165, 1.54) is 0 Å². The molecule has 1 heterocycles. The van der Waals surface area contributed by atoms with Crippen LogP contribution < -0.4 is 16.4 Å². The fourth-order valence-electron chi connectivity index (χ4n) is 1.87. The second-order valence-corrected chi connectivity index (χ2v) is 5.80. The quantitative estimate of drug-likeness (QED) is 0.629. The molecule has 5 nitrogen and oxygen atoms in total. The zero-order valence-corrected chi connectivity index (χ0v) is 11.8. The SMILES string of the molecule is CC(C)(C)C(=O)[C@H](N)CCCNC1=NCCCN1. The number of nitrogens with two attached hydrogens (primary N) is 1. The van der Waals surface area contributed by atoms with E-state index >= 15 is 0 Å².